The molecule has 2 bridgehead atoms. The lowest BCUT2D eigenvalue weighted by Crippen LogP contribution is -2.44. The van der Waals surface area contributed by atoms with Gasteiger partial charge in [0.05, 0.1) is 0 Å². The summed E-state index contributed by atoms with van der Waals surface area (Å²) in [6.45, 7) is 0. The minimum Gasteiger partial charge on any atom is -0.484 e. The second-order valence-electron chi connectivity index (χ2n) is 5.66. The van der Waals surface area contributed by atoms with Crippen LogP contribution in [0.25, 0.3) is 0 Å². The van der Waals surface area contributed by atoms with Crippen LogP contribution in [0.5, 0.6) is 5.75 Å². The lowest BCUT2D eigenvalue weighted by molar-refractivity contribution is 0.0592. The lowest BCUT2D eigenvalue weighted by atomic mass is 10.0. The van der Waals surface area contributed by atoms with E-state index in [1.54, 1.807) is 0 Å². The van der Waals surface area contributed by atoms with E-state index in [4.69, 9.17) is 4.74 Å². The molecule has 0 amide bonds. The van der Waals surface area contributed by atoms with Gasteiger partial charge in [0.25, 0.3) is 0 Å². The van der Waals surface area contributed by atoms with E-state index >= 15 is 0 Å². The van der Waals surface area contributed by atoms with Crippen molar-refractivity contribution in [3.05, 3.63) is 29.1 Å². The van der Waals surface area contributed by atoms with Gasteiger partial charge in [-0.3, -0.25) is 0 Å². The first-order valence-electron chi connectivity index (χ1n) is 6.80. The van der Waals surface area contributed by atoms with Crippen LogP contribution in [0.15, 0.2) is 0 Å². The maximum Gasteiger partial charge on any atom is 0.207 e. The molecule has 0 aromatic heterocycles. The zero-order chi connectivity index (χ0) is 15.3. The van der Waals surface area contributed by atoms with Crippen molar-refractivity contribution in [3.8, 4) is 5.75 Å². The topological polar surface area (TPSA) is 12.5 Å². The summed E-state index contributed by atoms with van der Waals surface area (Å²) < 4.78 is 71.6. The number of halogens is 6. The molecular formula is C14H15ClF5NO. The van der Waals surface area contributed by atoms with Crippen molar-refractivity contribution in [2.75, 3.05) is 7.05 Å². The molecule has 1 aromatic carbocycles. The van der Waals surface area contributed by atoms with Crippen molar-refractivity contribution in [2.45, 2.75) is 43.9 Å². The van der Waals surface area contributed by atoms with Gasteiger partial charge in [-0.1, -0.05) is 0 Å². The zero-order valence-corrected chi connectivity index (χ0v) is 12.5. The second kappa shape index (κ2) is 6.20. The molecule has 0 spiro atoms. The molecule has 2 atom stereocenters. The molecule has 124 valence electrons. The predicted molar refractivity (Wildman–Crippen MR) is 71.7 cm³/mol. The zero-order valence-electron chi connectivity index (χ0n) is 11.7. The van der Waals surface area contributed by atoms with Gasteiger partial charge < -0.3 is 9.64 Å². The molecule has 0 aliphatic carbocycles. The molecule has 2 nitrogen and oxygen atoms in total. The van der Waals surface area contributed by atoms with Crippen LogP contribution in [0.1, 0.15) is 25.7 Å². The predicted octanol–water partition coefficient (Wildman–Crippen LogP) is 3.81. The largest absolute Gasteiger partial charge is 0.484 e. The van der Waals surface area contributed by atoms with E-state index in [1.807, 2.05) is 7.05 Å². The maximum atomic E-state index is 13.6. The van der Waals surface area contributed by atoms with E-state index < -0.39 is 40.9 Å². The highest BCUT2D eigenvalue weighted by atomic mass is 35.5. The monoisotopic (exact) mass is 343 g/mol. The normalized spacial score (nSPS) is 27.6. The molecule has 2 unspecified atom stereocenters. The number of hydrogen-bond donors (Lipinski definition) is 0. The molecule has 0 saturated carbocycles. The van der Waals surface area contributed by atoms with E-state index in [1.165, 1.54) is 0 Å². The first kappa shape index (κ1) is 17.3. The maximum absolute atomic E-state index is 13.6. The molecule has 0 N–H and O–H groups in total. The summed E-state index contributed by atoms with van der Waals surface area (Å²) in [5.41, 5.74) is 0. The van der Waals surface area contributed by atoms with Gasteiger partial charge >= 0.3 is 0 Å². The van der Waals surface area contributed by atoms with Gasteiger partial charge in [-0.25, -0.2) is 13.2 Å². The fourth-order valence-electron chi connectivity index (χ4n) is 3.31. The van der Waals surface area contributed by atoms with Gasteiger partial charge in [0.1, 0.15) is 6.10 Å². The average molecular weight is 344 g/mol. The Hall–Kier alpha value is -1.08. The smallest absolute Gasteiger partial charge is 0.207 e. The van der Waals surface area contributed by atoms with Gasteiger partial charge in [0.2, 0.25) is 29.1 Å². The Morgan fingerprint density at radius 2 is 1.23 bits per heavy atom. The molecule has 3 rings (SSSR count). The summed E-state index contributed by atoms with van der Waals surface area (Å²) in [5.74, 6) is -11.1. The summed E-state index contributed by atoms with van der Waals surface area (Å²) >= 11 is 0. The van der Waals surface area contributed by atoms with Crippen LogP contribution >= 0.6 is 12.4 Å². The van der Waals surface area contributed by atoms with Crippen molar-refractivity contribution >= 4 is 12.4 Å². The van der Waals surface area contributed by atoms with Gasteiger partial charge in [0.15, 0.2) is 5.75 Å². The molecule has 2 fully saturated rings. The van der Waals surface area contributed by atoms with E-state index in [-0.39, 0.29) is 24.5 Å². The van der Waals surface area contributed by atoms with Gasteiger partial charge in [-0.05, 0) is 32.7 Å². The Labute approximate surface area is 130 Å². The number of benzene rings is 1. The van der Waals surface area contributed by atoms with E-state index in [9.17, 15) is 22.0 Å². The molecular weight excluding hydrogens is 329 g/mol. The Kier molecular flexibility index (Phi) is 4.87. The minimum atomic E-state index is -2.17. The van der Waals surface area contributed by atoms with E-state index in [0.29, 0.717) is 12.8 Å². The van der Waals surface area contributed by atoms with Crippen LogP contribution in [0.4, 0.5) is 22.0 Å². The molecule has 2 aliphatic rings. The Morgan fingerprint density at radius 1 is 0.818 bits per heavy atom. The average Bonchev–Trinajstić information content (AvgIpc) is 2.69. The summed E-state index contributed by atoms with van der Waals surface area (Å²) in [6.07, 6.45) is 2.42. The molecule has 8 heteroatoms. The van der Waals surface area contributed by atoms with Crippen LogP contribution < -0.4 is 4.74 Å². The first-order chi connectivity index (χ1) is 9.90. The Morgan fingerprint density at radius 3 is 1.68 bits per heavy atom. The molecule has 22 heavy (non-hydrogen) atoms. The van der Waals surface area contributed by atoms with Gasteiger partial charge in [-0.2, -0.15) is 8.78 Å². The minimum absolute atomic E-state index is 0. The van der Waals surface area contributed by atoms with Crippen LogP contribution in [0.2, 0.25) is 0 Å². The number of piperidine rings is 1. The van der Waals surface area contributed by atoms with Crippen molar-refractivity contribution < 1.29 is 26.7 Å². The molecule has 2 aliphatic heterocycles. The molecule has 0 radical (unpaired) electrons. The summed E-state index contributed by atoms with van der Waals surface area (Å²) in [5, 5.41) is 0. The number of rotatable bonds is 2. The summed E-state index contributed by atoms with van der Waals surface area (Å²) in [6, 6.07) is 0.463. The van der Waals surface area contributed by atoms with Crippen LogP contribution in [0, 0.1) is 29.1 Å². The summed E-state index contributed by atoms with van der Waals surface area (Å²) in [7, 11) is 1.97. The highest BCUT2D eigenvalue weighted by molar-refractivity contribution is 5.85. The lowest BCUT2D eigenvalue weighted by Gasteiger charge is -2.36. The molecule has 2 saturated heterocycles. The van der Waals surface area contributed by atoms with Crippen LogP contribution in [0.3, 0.4) is 0 Å². The highest BCUT2D eigenvalue weighted by Gasteiger charge is 2.40. The van der Waals surface area contributed by atoms with Crippen molar-refractivity contribution in [3.63, 3.8) is 0 Å². The number of nitrogens with zero attached hydrogens (tertiary/aromatic N) is 1. The molecule has 2 heterocycles. The third-order valence-corrected chi connectivity index (χ3v) is 4.51. The SMILES string of the molecule is CN1C2CCC1CC(Oc1c(F)c(F)c(F)c(F)c1F)C2.Cl. The Bertz CT molecular complexity index is 542. The number of fused-ring (bicyclic) bond motifs is 2. The van der Waals surface area contributed by atoms with Gasteiger partial charge in [-0.15, -0.1) is 12.4 Å². The second-order valence-corrected chi connectivity index (χ2v) is 5.66. The number of ether oxygens (including phenoxy) is 1. The third kappa shape index (κ3) is 2.65. The van der Waals surface area contributed by atoms with Crippen molar-refractivity contribution in [2.24, 2.45) is 0 Å². The fraction of sp³-hybridized carbons (Fsp3) is 0.571. The standard InChI is InChI=1S/C14H14F5NO.ClH/c1-20-6-2-3-7(20)5-8(4-6)21-14-12(18)10(16)9(15)11(17)13(14)19;/h6-8H,2-5H2,1H3;1H. The van der Waals surface area contributed by atoms with Crippen LogP contribution in [-0.2, 0) is 0 Å². The molecule has 1 aromatic rings. The number of hydrogen-bond acceptors (Lipinski definition) is 2. The highest BCUT2D eigenvalue weighted by Crippen LogP contribution is 2.37. The third-order valence-electron chi connectivity index (χ3n) is 4.51. The van der Waals surface area contributed by atoms with Crippen LogP contribution in [-0.4, -0.2) is 30.1 Å². The first-order valence-corrected chi connectivity index (χ1v) is 6.80. The van der Waals surface area contributed by atoms with Gasteiger partial charge in [0, 0.05) is 12.1 Å². The quantitative estimate of drug-likeness (QED) is 0.460. The van der Waals surface area contributed by atoms with Crippen molar-refractivity contribution in [1.82, 2.24) is 4.90 Å². The van der Waals surface area contributed by atoms with E-state index in [2.05, 4.69) is 4.90 Å². The van der Waals surface area contributed by atoms with E-state index in [0.717, 1.165) is 12.8 Å². The fourth-order valence-corrected chi connectivity index (χ4v) is 3.31. The Balaban J connectivity index is 0.00000176. The summed E-state index contributed by atoms with van der Waals surface area (Å²) in [4.78, 5) is 2.18. The van der Waals surface area contributed by atoms with Crippen molar-refractivity contribution in [1.29, 1.82) is 0 Å².